The average Bonchev–Trinajstić information content (AvgIpc) is 2.44. The van der Waals surface area contributed by atoms with Gasteiger partial charge in [-0.1, -0.05) is 13.3 Å². The predicted octanol–water partition coefficient (Wildman–Crippen LogP) is 2.09. The molecule has 0 aromatic heterocycles. The van der Waals surface area contributed by atoms with Crippen LogP contribution < -0.4 is 0 Å². The highest BCUT2D eigenvalue weighted by Crippen LogP contribution is 2.09. The lowest BCUT2D eigenvalue weighted by molar-refractivity contribution is -0.150. The molecule has 120 valence electrons. The molecule has 1 atom stereocenters. The van der Waals surface area contributed by atoms with Crippen LogP contribution in [0.2, 0.25) is 0 Å². The van der Waals surface area contributed by atoms with Gasteiger partial charge in [-0.2, -0.15) is 0 Å². The second-order valence-electron chi connectivity index (χ2n) is 4.49. The molecule has 0 aliphatic rings. The quantitative estimate of drug-likeness (QED) is 0.384. The smallest absolute Gasteiger partial charge is 0.323 e. The van der Waals surface area contributed by atoms with E-state index < -0.39 is 0 Å². The van der Waals surface area contributed by atoms with E-state index in [1.54, 1.807) is 0 Å². The zero-order chi connectivity index (χ0) is 15.2. The maximum atomic E-state index is 12.1. The van der Waals surface area contributed by atoms with Crippen LogP contribution in [0.4, 0.5) is 0 Å². The van der Waals surface area contributed by atoms with Crippen molar-refractivity contribution in [2.45, 2.75) is 46.6 Å². The third kappa shape index (κ3) is 8.51. The molecule has 0 aliphatic heterocycles. The number of hydrogen-bond acceptors (Lipinski definition) is 5. The van der Waals surface area contributed by atoms with Crippen LogP contribution in [0.25, 0.3) is 0 Å². The van der Waals surface area contributed by atoms with E-state index in [4.69, 9.17) is 14.2 Å². The molecule has 0 amide bonds. The first kappa shape index (κ1) is 19.4. The standard InChI is InChI=1S/C15H31NO4/c1-5-9-14(15(17)20-8-4)16(10-12-18-6-2)11-13-19-7-3/h14H,5-13H2,1-4H3. The van der Waals surface area contributed by atoms with Crippen molar-refractivity contribution in [3.8, 4) is 0 Å². The van der Waals surface area contributed by atoms with Gasteiger partial charge in [-0.15, -0.1) is 0 Å². The molecule has 5 nitrogen and oxygen atoms in total. The van der Waals surface area contributed by atoms with Crippen molar-refractivity contribution in [1.29, 1.82) is 0 Å². The number of ether oxygens (including phenoxy) is 3. The highest BCUT2D eigenvalue weighted by molar-refractivity contribution is 5.75. The van der Waals surface area contributed by atoms with Gasteiger partial charge >= 0.3 is 5.97 Å². The summed E-state index contributed by atoms with van der Waals surface area (Å²) in [5.41, 5.74) is 0. The van der Waals surface area contributed by atoms with Gasteiger partial charge in [0.15, 0.2) is 0 Å². The molecule has 0 aliphatic carbocycles. The first-order valence-corrected chi connectivity index (χ1v) is 7.77. The number of esters is 1. The molecule has 0 aromatic carbocycles. The number of hydrogen-bond donors (Lipinski definition) is 0. The molecule has 0 fully saturated rings. The molecule has 20 heavy (non-hydrogen) atoms. The van der Waals surface area contributed by atoms with Crippen LogP contribution >= 0.6 is 0 Å². The Balaban J connectivity index is 4.55. The van der Waals surface area contributed by atoms with Gasteiger partial charge in [-0.3, -0.25) is 9.69 Å². The van der Waals surface area contributed by atoms with Crippen LogP contribution in [-0.4, -0.2) is 63.0 Å². The molecule has 1 unspecified atom stereocenters. The van der Waals surface area contributed by atoms with Gasteiger partial charge in [0.2, 0.25) is 0 Å². The summed E-state index contributed by atoms with van der Waals surface area (Å²) in [5, 5.41) is 0. The molecule has 0 N–H and O–H groups in total. The van der Waals surface area contributed by atoms with E-state index in [1.165, 1.54) is 0 Å². The summed E-state index contributed by atoms with van der Waals surface area (Å²) in [7, 11) is 0. The van der Waals surface area contributed by atoms with Gasteiger partial charge in [-0.05, 0) is 27.2 Å². The van der Waals surface area contributed by atoms with E-state index in [0.717, 1.165) is 25.9 Å². The van der Waals surface area contributed by atoms with Crippen molar-refractivity contribution < 1.29 is 19.0 Å². The molecule has 0 saturated heterocycles. The van der Waals surface area contributed by atoms with E-state index in [0.29, 0.717) is 33.0 Å². The molecule has 0 bridgehead atoms. The summed E-state index contributed by atoms with van der Waals surface area (Å²) in [4.78, 5) is 14.2. The van der Waals surface area contributed by atoms with Crippen LogP contribution in [0.1, 0.15) is 40.5 Å². The van der Waals surface area contributed by atoms with Gasteiger partial charge < -0.3 is 14.2 Å². The monoisotopic (exact) mass is 289 g/mol. The summed E-state index contributed by atoms with van der Waals surface area (Å²) in [5.74, 6) is -0.137. The molecule has 5 heteroatoms. The molecular weight excluding hydrogens is 258 g/mol. The van der Waals surface area contributed by atoms with Crippen molar-refractivity contribution in [2.75, 3.05) is 46.1 Å². The van der Waals surface area contributed by atoms with Crippen LogP contribution in [0.3, 0.4) is 0 Å². The fourth-order valence-corrected chi connectivity index (χ4v) is 2.04. The van der Waals surface area contributed by atoms with E-state index in [9.17, 15) is 4.79 Å². The lowest BCUT2D eigenvalue weighted by Gasteiger charge is -2.29. The first-order valence-electron chi connectivity index (χ1n) is 7.77. The zero-order valence-corrected chi connectivity index (χ0v) is 13.5. The van der Waals surface area contributed by atoms with E-state index in [1.807, 2.05) is 20.8 Å². The van der Waals surface area contributed by atoms with E-state index in [-0.39, 0.29) is 12.0 Å². The fourth-order valence-electron chi connectivity index (χ4n) is 2.04. The Morgan fingerprint density at radius 3 is 1.90 bits per heavy atom. The van der Waals surface area contributed by atoms with Crippen LogP contribution in [0.15, 0.2) is 0 Å². The minimum absolute atomic E-state index is 0.137. The normalized spacial score (nSPS) is 12.7. The lowest BCUT2D eigenvalue weighted by Crippen LogP contribution is -2.45. The van der Waals surface area contributed by atoms with Gasteiger partial charge in [-0.25, -0.2) is 0 Å². The summed E-state index contributed by atoms with van der Waals surface area (Å²) >= 11 is 0. The Kier molecular flexibility index (Phi) is 12.9. The highest BCUT2D eigenvalue weighted by atomic mass is 16.5. The second-order valence-corrected chi connectivity index (χ2v) is 4.49. The van der Waals surface area contributed by atoms with E-state index in [2.05, 4.69) is 11.8 Å². The van der Waals surface area contributed by atoms with E-state index >= 15 is 0 Å². The number of nitrogens with zero attached hydrogens (tertiary/aromatic N) is 1. The van der Waals surface area contributed by atoms with Crippen LogP contribution in [0, 0.1) is 0 Å². The fraction of sp³-hybridized carbons (Fsp3) is 0.933. The summed E-state index contributed by atoms with van der Waals surface area (Å²) in [6.07, 6.45) is 1.75. The molecule has 0 aromatic rings. The highest BCUT2D eigenvalue weighted by Gasteiger charge is 2.25. The summed E-state index contributed by atoms with van der Waals surface area (Å²) in [6.45, 7) is 12.4. The van der Waals surface area contributed by atoms with Crippen molar-refractivity contribution in [3.63, 3.8) is 0 Å². The molecule has 0 spiro atoms. The number of carbonyl (C=O) groups excluding carboxylic acids is 1. The lowest BCUT2D eigenvalue weighted by atomic mass is 10.1. The Hall–Kier alpha value is -0.650. The van der Waals surface area contributed by atoms with Gasteiger partial charge in [0, 0.05) is 26.3 Å². The predicted molar refractivity (Wildman–Crippen MR) is 79.9 cm³/mol. The summed E-state index contributed by atoms with van der Waals surface area (Å²) < 4.78 is 16.0. The minimum Gasteiger partial charge on any atom is -0.465 e. The third-order valence-corrected chi connectivity index (χ3v) is 3.02. The van der Waals surface area contributed by atoms with Crippen molar-refractivity contribution >= 4 is 5.97 Å². The first-order chi connectivity index (χ1) is 9.71. The van der Waals surface area contributed by atoms with Gasteiger partial charge in [0.1, 0.15) is 6.04 Å². The SMILES string of the molecule is CCCC(C(=O)OCC)N(CCOCC)CCOCC. The van der Waals surface area contributed by atoms with Crippen LogP contribution in [0.5, 0.6) is 0 Å². The number of carbonyl (C=O) groups is 1. The Morgan fingerprint density at radius 1 is 0.950 bits per heavy atom. The maximum Gasteiger partial charge on any atom is 0.323 e. The van der Waals surface area contributed by atoms with Gasteiger partial charge in [0.25, 0.3) is 0 Å². The average molecular weight is 289 g/mol. The van der Waals surface area contributed by atoms with Crippen molar-refractivity contribution in [1.82, 2.24) is 4.90 Å². The topological polar surface area (TPSA) is 48.0 Å². The zero-order valence-electron chi connectivity index (χ0n) is 13.5. The molecule has 0 saturated carbocycles. The molecule has 0 radical (unpaired) electrons. The molecular formula is C15H31NO4. The summed E-state index contributed by atoms with van der Waals surface area (Å²) in [6, 6.07) is -0.194. The van der Waals surface area contributed by atoms with Gasteiger partial charge in [0.05, 0.1) is 19.8 Å². The Morgan fingerprint density at radius 2 is 1.50 bits per heavy atom. The maximum absolute atomic E-state index is 12.1. The largest absolute Gasteiger partial charge is 0.465 e. The Labute approximate surface area is 123 Å². The Bertz CT molecular complexity index is 226. The van der Waals surface area contributed by atoms with Crippen molar-refractivity contribution in [3.05, 3.63) is 0 Å². The second kappa shape index (κ2) is 13.3. The molecule has 0 heterocycles. The van der Waals surface area contributed by atoms with Crippen molar-refractivity contribution in [2.24, 2.45) is 0 Å². The molecule has 0 rings (SSSR count). The number of rotatable bonds is 13. The minimum atomic E-state index is -0.194. The van der Waals surface area contributed by atoms with Crippen LogP contribution in [-0.2, 0) is 19.0 Å². The third-order valence-electron chi connectivity index (χ3n) is 3.02.